The molecule has 26 heavy (non-hydrogen) atoms. The number of carbonyl (C=O) groups excluding carboxylic acids is 2. The van der Waals surface area contributed by atoms with Gasteiger partial charge in [0.15, 0.2) is 0 Å². The Bertz CT molecular complexity index is 882. The Morgan fingerprint density at radius 3 is 2.46 bits per heavy atom. The number of halogens is 1. The van der Waals surface area contributed by atoms with Crippen LogP contribution in [0.15, 0.2) is 54.4 Å². The number of likely N-dealkylation sites (N-methyl/N-ethyl adjacent to an activating group) is 2. The molecule has 1 aromatic heterocycles. The molecule has 1 atom stereocenters. The molecule has 0 saturated carbocycles. The second-order valence-electron chi connectivity index (χ2n) is 6.58. The molecule has 1 aliphatic rings. The number of pyridine rings is 1. The first-order valence-corrected chi connectivity index (χ1v) is 9.35. The van der Waals surface area contributed by atoms with Crippen LogP contribution in [0.2, 0.25) is 0 Å². The molecule has 5 nitrogen and oxygen atoms in total. The van der Waals surface area contributed by atoms with E-state index in [1.807, 2.05) is 49.4 Å². The summed E-state index contributed by atoms with van der Waals surface area (Å²) in [4.78, 5) is 33.5. The van der Waals surface area contributed by atoms with Gasteiger partial charge in [-0.3, -0.25) is 9.59 Å². The first-order valence-electron chi connectivity index (χ1n) is 8.27. The SMILES string of the molecule is CN1C(=O)C(C)(Cc2ccccc2)N(C)C(=O)/C1=C/c1cccnc1I. The van der Waals surface area contributed by atoms with Crippen molar-refractivity contribution in [3.8, 4) is 0 Å². The summed E-state index contributed by atoms with van der Waals surface area (Å²) in [5.74, 6) is -0.279. The van der Waals surface area contributed by atoms with Gasteiger partial charge in [-0.2, -0.15) is 0 Å². The van der Waals surface area contributed by atoms with Gasteiger partial charge < -0.3 is 9.80 Å². The lowest BCUT2D eigenvalue weighted by molar-refractivity contribution is -0.155. The van der Waals surface area contributed by atoms with Gasteiger partial charge in [-0.15, -0.1) is 0 Å². The Hall–Kier alpha value is -2.22. The van der Waals surface area contributed by atoms with E-state index in [1.54, 1.807) is 31.3 Å². The number of benzene rings is 1. The summed E-state index contributed by atoms with van der Waals surface area (Å²) in [7, 11) is 3.35. The normalized spacial score (nSPS) is 22.2. The van der Waals surface area contributed by atoms with Crippen LogP contribution in [0.25, 0.3) is 6.08 Å². The van der Waals surface area contributed by atoms with Crippen LogP contribution in [0.3, 0.4) is 0 Å². The summed E-state index contributed by atoms with van der Waals surface area (Å²) in [5, 5.41) is 0. The van der Waals surface area contributed by atoms with Crippen molar-refractivity contribution in [1.29, 1.82) is 0 Å². The molecule has 134 valence electrons. The predicted octanol–water partition coefficient (Wildman–Crippen LogP) is 2.96. The fraction of sp³-hybridized carbons (Fsp3) is 0.250. The van der Waals surface area contributed by atoms with Crippen molar-refractivity contribution in [3.05, 3.63) is 69.2 Å². The zero-order valence-electron chi connectivity index (χ0n) is 14.9. The molecule has 3 rings (SSSR count). The van der Waals surface area contributed by atoms with Crippen molar-refractivity contribution in [1.82, 2.24) is 14.8 Å². The van der Waals surface area contributed by atoms with E-state index >= 15 is 0 Å². The van der Waals surface area contributed by atoms with Gasteiger partial charge >= 0.3 is 0 Å². The van der Waals surface area contributed by atoms with Crippen molar-refractivity contribution >= 4 is 40.5 Å². The molecule has 2 heterocycles. The summed E-state index contributed by atoms with van der Waals surface area (Å²) in [6, 6.07) is 13.4. The molecule has 0 aliphatic carbocycles. The van der Waals surface area contributed by atoms with Crippen molar-refractivity contribution in [3.63, 3.8) is 0 Å². The number of hydrogen-bond acceptors (Lipinski definition) is 3. The van der Waals surface area contributed by atoms with Gasteiger partial charge in [0, 0.05) is 32.3 Å². The highest BCUT2D eigenvalue weighted by Gasteiger charge is 2.48. The largest absolute Gasteiger partial charge is 0.326 e. The molecule has 0 radical (unpaired) electrons. The third kappa shape index (κ3) is 3.25. The first kappa shape index (κ1) is 18.6. The van der Waals surface area contributed by atoms with E-state index in [1.165, 1.54) is 4.90 Å². The molecule has 1 fully saturated rings. The van der Waals surface area contributed by atoms with Gasteiger partial charge in [-0.05, 0) is 47.2 Å². The second kappa shape index (κ2) is 7.19. The van der Waals surface area contributed by atoms with Crippen LogP contribution in [0, 0.1) is 3.70 Å². The molecular weight excluding hydrogens is 441 g/mol. The maximum Gasteiger partial charge on any atom is 0.271 e. The highest BCUT2D eigenvalue weighted by Crippen LogP contribution is 2.31. The van der Waals surface area contributed by atoms with Gasteiger partial charge in [-0.25, -0.2) is 4.98 Å². The summed E-state index contributed by atoms with van der Waals surface area (Å²) in [6.07, 6.45) is 3.90. The van der Waals surface area contributed by atoms with Crippen molar-refractivity contribution < 1.29 is 9.59 Å². The average molecular weight is 461 g/mol. The van der Waals surface area contributed by atoms with Gasteiger partial charge in [0.1, 0.15) is 14.9 Å². The topological polar surface area (TPSA) is 53.5 Å². The number of aromatic nitrogens is 1. The van der Waals surface area contributed by atoms with E-state index in [9.17, 15) is 9.59 Å². The Morgan fingerprint density at radius 1 is 1.12 bits per heavy atom. The van der Waals surface area contributed by atoms with Gasteiger partial charge in [0.25, 0.3) is 11.8 Å². The molecule has 6 heteroatoms. The Labute approximate surface area is 166 Å². The fourth-order valence-corrected chi connectivity index (χ4v) is 3.65. The smallest absolute Gasteiger partial charge is 0.271 e. The van der Waals surface area contributed by atoms with Crippen LogP contribution >= 0.6 is 22.6 Å². The molecule has 0 bridgehead atoms. The standard InChI is InChI=1S/C20H20IN3O2/c1-20(13-14-8-5-4-6-9-14)19(26)23(2)16(18(25)24(20)3)12-15-10-7-11-22-17(15)21/h4-12H,13H2,1-3H3/b16-12-. The average Bonchev–Trinajstić information content (AvgIpc) is 2.65. The monoisotopic (exact) mass is 461 g/mol. The molecule has 0 spiro atoms. The predicted molar refractivity (Wildman–Crippen MR) is 109 cm³/mol. The minimum atomic E-state index is -0.924. The number of nitrogens with zero attached hydrogens (tertiary/aromatic N) is 3. The van der Waals surface area contributed by atoms with Crippen LogP contribution < -0.4 is 0 Å². The van der Waals surface area contributed by atoms with E-state index < -0.39 is 5.54 Å². The molecule has 0 N–H and O–H groups in total. The van der Waals surface area contributed by atoms with E-state index in [4.69, 9.17) is 0 Å². The summed E-state index contributed by atoms with van der Waals surface area (Å²) >= 11 is 2.12. The highest BCUT2D eigenvalue weighted by atomic mass is 127. The van der Waals surface area contributed by atoms with E-state index in [0.717, 1.165) is 14.8 Å². The highest BCUT2D eigenvalue weighted by molar-refractivity contribution is 14.1. The lowest BCUT2D eigenvalue weighted by Crippen LogP contribution is -2.64. The maximum atomic E-state index is 13.2. The lowest BCUT2D eigenvalue weighted by atomic mass is 9.87. The molecular formula is C20H20IN3O2. The van der Waals surface area contributed by atoms with Crippen molar-refractivity contribution in [2.24, 2.45) is 0 Å². The summed E-state index contributed by atoms with van der Waals surface area (Å²) in [5.41, 5.74) is 1.27. The summed E-state index contributed by atoms with van der Waals surface area (Å²) in [6.45, 7) is 1.82. The number of hydrogen-bond donors (Lipinski definition) is 0. The number of piperazine rings is 1. The third-order valence-electron chi connectivity index (χ3n) is 4.86. The molecule has 2 aromatic rings. The van der Waals surface area contributed by atoms with Crippen LogP contribution in [-0.2, 0) is 16.0 Å². The molecule has 1 aromatic carbocycles. The molecule has 1 unspecified atom stereocenters. The fourth-order valence-electron chi connectivity index (χ4n) is 3.15. The number of amides is 2. The van der Waals surface area contributed by atoms with E-state index in [2.05, 4.69) is 27.6 Å². The molecule has 1 aliphatic heterocycles. The van der Waals surface area contributed by atoms with Crippen LogP contribution in [-0.4, -0.2) is 46.2 Å². The first-order chi connectivity index (χ1) is 12.3. The third-order valence-corrected chi connectivity index (χ3v) is 5.76. The van der Waals surface area contributed by atoms with E-state index in [-0.39, 0.29) is 11.8 Å². The Morgan fingerprint density at radius 2 is 1.81 bits per heavy atom. The van der Waals surface area contributed by atoms with Crippen LogP contribution in [0.4, 0.5) is 0 Å². The zero-order chi connectivity index (χ0) is 18.9. The van der Waals surface area contributed by atoms with Gasteiger partial charge in [0.2, 0.25) is 0 Å². The molecule has 1 saturated heterocycles. The Balaban J connectivity index is 1.98. The van der Waals surface area contributed by atoms with Crippen molar-refractivity contribution in [2.45, 2.75) is 18.9 Å². The Kier molecular flexibility index (Phi) is 5.13. The number of rotatable bonds is 3. The van der Waals surface area contributed by atoms with E-state index in [0.29, 0.717) is 12.1 Å². The van der Waals surface area contributed by atoms with Crippen molar-refractivity contribution in [2.75, 3.05) is 14.1 Å². The van der Waals surface area contributed by atoms with Crippen LogP contribution in [0.5, 0.6) is 0 Å². The van der Waals surface area contributed by atoms with Gasteiger partial charge in [0.05, 0.1) is 0 Å². The van der Waals surface area contributed by atoms with Crippen LogP contribution in [0.1, 0.15) is 18.1 Å². The lowest BCUT2D eigenvalue weighted by Gasteiger charge is -2.45. The number of carbonyl (C=O) groups is 2. The zero-order valence-corrected chi connectivity index (χ0v) is 17.1. The van der Waals surface area contributed by atoms with Gasteiger partial charge in [-0.1, -0.05) is 36.4 Å². The summed E-state index contributed by atoms with van der Waals surface area (Å²) < 4.78 is 0.784. The second-order valence-corrected chi connectivity index (χ2v) is 7.60. The molecule has 2 amide bonds. The quantitative estimate of drug-likeness (QED) is 0.402. The maximum absolute atomic E-state index is 13.2. The minimum Gasteiger partial charge on any atom is -0.326 e. The minimum absolute atomic E-state index is 0.103.